The van der Waals surface area contributed by atoms with Crippen LogP contribution in [0.25, 0.3) is 0 Å². The van der Waals surface area contributed by atoms with Crippen LogP contribution in [0.5, 0.6) is 0 Å². The summed E-state index contributed by atoms with van der Waals surface area (Å²) in [5, 5.41) is 13.0. The minimum Gasteiger partial charge on any atom is -0.393 e. The molecule has 0 bridgehead atoms. The van der Waals surface area contributed by atoms with Crippen LogP contribution in [-0.4, -0.2) is 23.8 Å². The van der Waals surface area contributed by atoms with Gasteiger partial charge in [-0.05, 0) is 44.6 Å². The number of hydrogen-bond donors (Lipinski definition) is 2. The molecule has 0 spiro atoms. The quantitative estimate of drug-likeness (QED) is 0.544. The smallest absolute Gasteiger partial charge is 0.0544 e. The molecule has 0 aromatic heterocycles. The number of nitrogens with one attached hydrogen (secondary N) is 1. The zero-order valence-corrected chi connectivity index (χ0v) is 6.92. The van der Waals surface area contributed by atoms with Crippen molar-refractivity contribution in [2.45, 2.75) is 44.2 Å². The minimum absolute atomic E-state index is 0.00356. The predicted octanol–water partition coefficient (Wildman–Crippen LogP) is 0.899. The lowest BCUT2D eigenvalue weighted by atomic mass is 9.78. The predicted molar refractivity (Wildman–Crippen MR) is 44.4 cm³/mol. The van der Waals surface area contributed by atoms with Gasteiger partial charge in [-0.25, -0.2) is 0 Å². The van der Waals surface area contributed by atoms with Crippen LogP contribution in [0.4, 0.5) is 0 Å². The summed E-state index contributed by atoms with van der Waals surface area (Å²) < 4.78 is 0. The summed E-state index contributed by atoms with van der Waals surface area (Å²) in [5.74, 6) is 0.771. The van der Waals surface area contributed by atoms with Crippen LogP contribution in [0.3, 0.4) is 0 Å². The van der Waals surface area contributed by atoms with Crippen molar-refractivity contribution in [2.75, 3.05) is 6.54 Å². The molecule has 0 radical (unpaired) electrons. The molecule has 2 aliphatic rings. The van der Waals surface area contributed by atoms with E-state index < -0.39 is 0 Å². The van der Waals surface area contributed by atoms with Crippen molar-refractivity contribution in [3.8, 4) is 0 Å². The lowest BCUT2D eigenvalue weighted by molar-refractivity contribution is 0.0679. The highest BCUT2D eigenvalue weighted by Gasteiger charge is 2.30. The van der Waals surface area contributed by atoms with Crippen molar-refractivity contribution in [3.63, 3.8) is 0 Å². The third-order valence-electron chi connectivity index (χ3n) is 3.11. The van der Waals surface area contributed by atoms with Crippen LogP contribution in [0.15, 0.2) is 0 Å². The van der Waals surface area contributed by atoms with Crippen molar-refractivity contribution in [1.82, 2.24) is 5.32 Å². The number of piperidine rings is 1. The summed E-state index contributed by atoms with van der Waals surface area (Å²) in [7, 11) is 0. The number of hydrogen-bond acceptors (Lipinski definition) is 2. The van der Waals surface area contributed by atoms with Crippen LogP contribution >= 0.6 is 0 Å². The monoisotopic (exact) mass is 155 g/mol. The van der Waals surface area contributed by atoms with E-state index in [1.165, 1.54) is 25.8 Å². The molecule has 2 fully saturated rings. The standard InChI is InChI=1S/C9H17NO/c11-8-3-4-9-7(6-8)2-1-5-10-9/h7-11H,1-6H2. The van der Waals surface area contributed by atoms with E-state index >= 15 is 0 Å². The first-order valence-corrected chi connectivity index (χ1v) is 4.78. The highest BCUT2D eigenvalue weighted by atomic mass is 16.3. The van der Waals surface area contributed by atoms with Crippen LogP contribution in [-0.2, 0) is 0 Å². The number of rotatable bonds is 0. The van der Waals surface area contributed by atoms with Crippen molar-refractivity contribution in [3.05, 3.63) is 0 Å². The maximum atomic E-state index is 9.42. The summed E-state index contributed by atoms with van der Waals surface area (Å²) in [5.41, 5.74) is 0. The third kappa shape index (κ3) is 1.57. The zero-order chi connectivity index (χ0) is 7.68. The average Bonchev–Trinajstić information content (AvgIpc) is 2.04. The van der Waals surface area contributed by atoms with E-state index in [9.17, 15) is 5.11 Å². The lowest BCUT2D eigenvalue weighted by Gasteiger charge is -2.38. The van der Waals surface area contributed by atoms with Crippen molar-refractivity contribution >= 4 is 0 Å². The fourth-order valence-corrected chi connectivity index (χ4v) is 2.48. The first kappa shape index (κ1) is 7.56. The lowest BCUT2D eigenvalue weighted by Crippen LogP contribution is -2.45. The number of aliphatic hydroxyl groups excluding tert-OH is 1. The summed E-state index contributed by atoms with van der Waals surface area (Å²) >= 11 is 0. The molecule has 2 nitrogen and oxygen atoms in total. The molecule has 2 heteroatoms. The molecule has 0 amide bonds. The van der Waals surface area contributed by atoms with E-state index in [1.807, 2.05) is 0 Å². The van der Waals surface area contributed by atoms with Gasteiger partial charge >= 0.3 is 0 Å². The van der Waals surface area contributed by atoms with Gasteiger partial charge in [0.05, 0.1) is 6.10 Å². The van der Waals surface area contributed by atoms with Crippen LogP contribution in [0.1, 0.15) is 32.1 Å². The normalized spacial score (nSPS) is 45.0. The third-order valence-corrected chi connectivity index (χ3v) is 3.11. The number of aliphatic hydroxyl groups is 1. The zero-order valence-electron chi connectivity index (χ0n) is 6.92. The van der Waals surface area contributed by atoms with Crippen LogP contribution in [0, 0.1) is 5.92 Å². The van der Waals surface area contributed by atoms with Crippen molar-refractivity contribution in [1.29, 1.82) is 0 Å². The van der Waals surface area contributed by atoms with Crippen LogP contribution < -0.4 is 5.32 Å². The molecule has 1 heterocycles. The van der Waals surface area contributed by atoms with E-state index in [-0.39, 0.29) is 6.10 Å². The second-order valence-electron chi connectivity index (χ2n) is 3.93. The van der Waals surface area contributed by atoms with Crippen molar-refractivity contribution < 1.29 is 5.11 Å². The fraction of sp³-hybridized carbons (Fsp3) is 1.00. The second kappa shape index (κ2) is 3.11. The summed E-state index contributed by atoms with van der Waals surface area (Å²) in [6, 6.07) is 0.729. The van der Waals surface area contributed by atoms with Gasteiger partial charge in [-0.3, -0.25) is 0 Å². The van der Waals surface area contributed by atoms with Crippen molar-refractivity contribution in [2.24, 2.45) is 5.92 Å². The maximum Gasteiger partial charge on any atom is 0.0544 e. The Morgan fingerprint density at radius 2 is 2.09 bits per heavy atom. The Balaban J connectivity index is 1.93. The molecule has 3 atom stereocenters. The Labute approximate surface area is 68.0 Å². The Kier molecular flexibility index (Phi) is 2.14. The van der Waals surface area contributed by atoms with E-state index in [1.54, 1.807) is 0 Å². The van der Waals surface area contributed by atoms with Gasteiger partial charge in [0.25, 0.3) is 0 Å². The first-order chi connectivity index (χ1) is 5.36. The second-order valence-corrected chi connectivity index (χ2v) is 3.93. The molecule has 3 unspecified atom stereocenters. The Morgan fingerprint density at radius 3 is 3.00 bits per heavy atom. The topological polar surface area (TPSA) is 32.3 Å². The largest absolute Gasteiger partial charge is 0.393 e. The molecule has 11 heavy (non-hydrogen) atoms. The van der Waals surface area contributed by atoms with E-state index in [0.29, 0.717) is 0 Å². The molecule has 1 saturated carbocycles. The molecule has 64 valence electrons. The van der Waals surface area contributed by atoms with E-state index in [0.717, 1.165) is 24.8 Å². The van der Waals surface area contributed by atoms with E-state index in [2.05, 4.69) is 5.32 Å². The Hall–Kier alpha value is -0.0800. The maximum absolute atomic E-state index is 9.42. The van der Waals surface area contributed by atoms with E-state index in [4.69, 9.17) is 0 Å². The highest BCUT2D eigenvalue weighted by molar-refractivity contribution is 4.87. The Bertz CT molecular complexity index is 138. The molecule has 0 aromatic carbocycles. The molecule has 1 aliphatic heterocycles. The van der Waals surface area contributed by atoms with Gasteiger partial charge in [0, 0.05) is 6.04 Å². The summed E-state index contributed by atoms with van der Waals surface area (Å²) in [6.07, 6.45) is 5.86. The summed E-state index contributed by atoms with van der Waals surface area (Å²) in [4.78, 5) is 0. The van der Waals surface area contributed by atoms with Gasteiger partial charge in [-0.2, -0.15) is 0 Å². The van der Waals surface area contributed by atoms with Gasteiger partial charge in [-0.1, -0.05) is 0 Å². The van der Waals surface area contributed by atoms with Gasteiger partial charge < -0.3 is 10.4 Å². The van der Waals surface area contributed by atoms with Gasteiger partial charge in [-0.15, -0.1) is 0 Å². The summed E-state index contributed by atoms with van der Waals surface area (Å²) in [6.45, 7) is 1.19. The van der Waals surface area contributed by atoms with Gasteiger partial charge in [0.2, 0.25) is 0 Å². The molecule has 1 saturated heterocycles. The molecule has 1 aliphatic carbocycles. The molecular weight excluding hydrogens is 138 g/mol. The highest BCUT2D eigenvalue weighted by Crippen LogP contribution is 2.30. The SMILES string of the molecule is OC1CCC2NCCCC2C1. The number of fused-ring (bicyclic) bond motifs is 1. The average molecular weight is 155 g/mol. The molecule has 2 rings (SSSR count). The minimum atomic E-state index is -0.00356. The molecule has 2 N–H and O–H groups in total. The first-order valence-electron chi connectivity index (χ1n) is 4.78. The Morgan fingerprint density at radius 1 is 1.18 bits per heavy atom. The fourth-order valence-electron chi connectivity index (χ4n) is 2.48. The van der Waals surface area contributed by atoms with Gasteiger partial charge in [0.1, 0.15) is 0 Å². The van der Waals surface area contributed by atoms with Gasteiger partial charge in [0.15, 0.2) is 0 Å². The molecular formula is C9H17NO. The molecule has 0 aromatic rings. The van der Waals surface area contributed by atoms with Crippen LogP contribution in [0.2, 0.25) is 0 Å².